The zero-order chi connectivity index (χ0) is 53.4. The van der Waals surface area contributed by atoms with Gasteiger partial charge in [-0.05, 0) is 211 Å². The summed E-state index contributed by atoms with van der Waals surface area (Å²) in [5.41, 5.74) is 30.5. The van der Waals surface area contributed by atoms with E-state index in [-0.39, 0.29) is 39.2 Å². The molecule has 8 aromatic carbocycles. The zero-order valence-corrected chi connectivity index (χ0v) is 48.0. The molecule has 3 aliphatic carbocycles. The molecule has 2 heterocycles. The summed E-state index contributed by atoms with van der Waals surface area (Å²) in [5.74, 6) is 0. The number of fused-ring (bicyclic) bond motifs is 9. The molecule has 0 saturated heterocycles. The van der Waals surface area contributed by atoms with E-state index in [4.69, 9.17) is 0 Å². The van der Waals surface area contributed by atoms with E-state index in [1.54, 1.807) is 0 Å². The van der Waals surface area contributed by atoms with Crippen LogP contribution in [0.5, 0.6) is 0 Å². The molecule has 13 rings (SSSR count). The Kier molecular flexibility index (Phi) is 10.4. The first kappa shape index (κ1) is 48.8. The van der Waals surface area contributed by atoms with Gasteiger partial charge < -0.3 is 14.7 Å². The molecule has 3 nitrogen and oxygen atoms in total. The molecule has 5 aliphatic rings. The van der Waals surface area contributed by atoms with Gasteiger partial charge in [-0.1, -0.05) is 169 Å². The SMILES string of the molecule is Cc1cc2c3c(c1)N(c1cc4c(cc1C)C(C)(C)CCC4(C)C)c1cc4c(cc1B3c1ccc(N(c3ccccc3)c3ccccc3)cc1N2c1cc2c(c(C(C)(C)C)c1)C(C)(C)c1ccccc1-2)C(C)(C)CC4(C)C. The van der Waals surface area contributed by atoms with E-state index in [2.05, 4.69) is 270 Å². The standard InChI is InChI=1S/C72H76BN3/c1-44-34-63-66-64(35-44)76(60-41-55-53(36-45(60)2)68(6,7)32-33-69(55,8)9)62-42-56-54(70(10,11)43-71(56,12)13)40-59(62)73(66)58-31-30-48(74(46-24-18-16-19-25-46)47-26-20-17-21-27-47)39-61(58)75(63)49-37-51-50-28-22-23-29-52(50)72(14,15)65(51)57(38-49)67(3,4)5/h16-31,34-42H,32-33,43H2,1-15H3. The Hall–Kier alpha value is -6.78. The number of rotatable bonds is 5. The Labute approximate surface area is 455 Å². The van der Waals surface area contributed by atoms with Gasteiger partial charge >= 0.3 is 0 Å². The summed E-state index contributed by atoms with van der Waals surface area (Å²) in [6.07, 6.45) is 3.47. The number of aryl methyl sites for hydroxylation is 2. The van der Waals surface area contributed by atoms with Crippen molar-refractivity contribution in [3.05, 3.63) is 202 Å². The molecule has 0 saturated carbocycles. The lowest BCUT2D eigenvalue weighted by molar-refractivity contribution is 0.332. The van der Waals surface area contributed by atoms with Crippen LogP contribution in [0.4, 0.5) is 51.2 Å². The maximum absolute atomic E-state index is 2.73. The number of hydrogen-bond donors (Lipinski definition) is 0. The average molecular weight is 994 g/mol. The van der Waals surface area contributed by atoms with Gasteiger partial charge in [-0.25, -0.2) is 0 Å². The van der Waals surface area contributed by atoms with Crippen LogP contribution in [-0.2, 0) is 32.5 Å². The highest BCUT2D eigenvalue weighted by atomic mass is 15.2. The summed E-state index contributed by atoms with van der Waals surface area (Å²) < 4.78 is 0. The lowest BCUT2D eigenvalue weighted by atomic mass is 9.33. The summed E-state index contributed by atoms with van der Waals surface area (Å²) >= 11 is 0. The van der Waals surface area contributed by atoms with E-state index in [1.165, 1.54) is 125 Å². The van der Waals surface area contributed by atoms with Crippen molar-refractivity contribution in [1.82, 2.24) is 0 Å². The van der Waals surface area contributed by atoms with Crippen LogP contribution in [0.2, 0.25) is 0 Å². The van der Waals surface area contributed by atoms with Crippen LogP contribution in [0, 0.1) is 13.8 Å². The average Bonchev–Trinajstić information content (AvgIpc) is 3.83. The minimum Gasteiger partial charge on any atom is -0.311 e. The van der Waals surface area contributed by atoms with Crippen LogP contribution < -0.4 is 31.1 Å². The lowest BCUT2D eigenvalue weighted by Gasteiger charge is -2.47. The highest BCUT2D eigenvalue weighted by Gasteiger charge is 2.50. The maximum atomic E-state index is 2.73. The molecule has 0 aromatic heterocycles. The summed E-state index contributed by atoms with van der Waals surface area (Å²) in [6.45, 7) is 36.6. The van der Waals surface area contributed by atoms with E-state index in [9.17, 15) is 0 Å². The molecule has 4 heteroatoms. The molecule has 0 spiro atoms. The Bertz CT molecular complexity index is 3690. The normalized spacial score (nSPS) is 18.2. The first-order valence-corrected chi connectivity index (χ1v) is 28.3. The Balaban J connectivity index is 1.16. The second-order valence-electron chi connectivity index (χ2n) is 27.8. The quantitative estimate of drug-likeness (QED) is 0.159. The van der Waals surface area contributed by atoms with Crippen LogP contribution in [0.25, 0.3) is 11.1 Å². The van der Waals surface area contributed by atoms with Gasteiger partial charge in [-0.15, -0.1) is 0 Å². The van der Waals surface area contributed by atoms with Crippen molar-refractivity contribution < 1.29 is 0 Å². The van der Waals surface area contributed by atoms with Crippen molar-refractivity contribution in [3.63, 3.8) is 0 Å². The predicted molar refractivity (Wildman–Crippen MR) is 327 cm³/mol. The third-order valence-corrected chi connectivity index (χ3v) is 19.1. The van der Waals surface area contributed by atoms with Crippen molar-refractivity contribution >= 4 is 74.3 Å². The molecule has 0 radical (unpaired) electrons. The second kappa shape index (κ2) is 16.1. The molecule has 2 aliphatic heterocycles. The fourth-order valence-corrected chi connectivity index (χ4v) is 15.4. The van der Waals surface area contributed by atoms with Gasteiger partial charge in [0.2, 0.25) is 0 Å². The Morgan fingerprint density at radius 1 is 0.447 bits per heavy atom. The Morgan fingerprint density at radius 3 is 1.62 bits per heavy atom. The molecule has 0 bridgehead atoms. The number of para-hydroxylation sites is 2. The minimum absolute atomic E-state index is 0.0174. The van der Waals surface area contributed by atoms with E-state index in [0.717, 1.165) is 23.5 Å². The topological polar surface area (TPSA) is 9.72 Å². The highest BCUT2D eigenvalue weighted by molar-refractivity contribution is 7.00. The number of hydrogen-bond acceptors (Lipinski definition) is 3. The second-order valence-corrected chi connectivity index (χ2v) is 27.8. The van der Waals surface area contributed by atoms with Gasteiger partial charge in [0.25, 0.3) is 6.71 Å². The van der Waals surface area contributed by atoms with Crippen molar-refractivity contribution in [2.45, 2.75) is 156 Å². The summed E-state index contributed by atoms with van der Waals surface area (Å²) in [7, 11) is 0. The first-order valence-electron chi connectivity index (χ1n) is 28.3. The summed E-state index contributed by atoms with van der Waals surface area (Å²) in [4.78, 5) is 7.86. The molecule has 0 atom stereocenters. The first-order chi connectivity index (χ1) is 35.9. The van der Waals surface area contributed by atoms with E-state index >= 15 is 0 Å². The van der Waals surface area contributed by atoms with E-state index in [0.29, 0.717) is 0 Å². The van der Waals surface area contributed by atoms with Crippen LogP contribution in [0.15, 0.2) is 152 Å². The molecule has 76 heavy (non-hydrogen) atoms. The van der Waals surface area contributed by atoms with Crippen molar-refractivity contribution in [2.75, 3.05) is 14.7 Å². The fourth-order valence-electron chi connectivity index (χ4n) is 15.4. The summed E-state index contributed by atoms with van der Waals surface area (Å²) in [6, 6.07) is 59.2. The number of nitrogens with zero attached hydrogens (tertiary/aromatic N) is 3. The minimum atomic E-state index is -0.150. The van der Waals surface area contributed by atoms with Gasteiger partial charge in [0.1, 0.15) is 0 Å². The molecule has 0 unspecified atom stereocenters. The summed E-state index contributed by atoms with van der Waals surface area (Å²) in [5, 5.41) is 0. The zero-order valence-electron chi connectivity index (χ0n) is 48.0. The van der Waals surface area contributed by atoms with Crippen molar-refractivity contribution in [2.24, 2.45) is 0 Å². The largest absolute Gasteiger partial charge is 0.311 e. The molecule has 382 valence electrons. The maximum Gasteiger partial charge on any atom is 0.252 e. The van der Waals surface area contributed by atoms with Crippen LogP contribution in [-0.4, -0.2) is 6.71 Å². The number of benzene rings is 8. The molecule has 0 fully saturated rings. The monoisotopic (exact) mass is 994 g/mol. The molecule has 8 aromatic rings. The smallest absolute Gasteiger partial charge is 0.252 e. The molecule has 0 amide bonds. The van der Waals surface area contributed by atoms with Gasteiger partial charge in [-0.2, -0.15) is 0 Å². The van der Waals surface area contributed by atoms with Gasteiger partial charge in [0.15, 0.2) is 0 Å². The Morgan fingerprint density at radius 2 is 0.987 bits per heavy atom. The predicted octanol–water partition coefficient (Wildman–Crippen LogP) is 17.8. The van der Waals surface area contributed by atoms with Crippen LogP contribution in [0.1, 0.15) is 159 Å². The highest BCUT2D eigenvalue weighted by Crippen LogP contribution is 2.58. The van der Waals surface area contributed by atoms with Crippen molar-refractivity contribution in [1.29, 1.82) is 0 Å². The molecular formula is C72H76BN3. The van der Waals surface area contributed by atoms with Crippen LogP contribution in [0.3, 0.4) is 0 Å². The van der Waals surface area contributed by atoms with Crippen LogP contribution >= 0.6 is 0 Å². The third-order valence-electron chi connectivity index (χ3n) is 19.1. The van der Waals surface area contributed by atoms with E-state index < -0.39 is 0 Å². The third kappa shape index (κ3) is 7.07. The van der Waals surface area contributed by atoms with Gasteiger partial charge in [0.05, 0.1) is 0 Å². The van der Waals surface area contributed by atoms with E-state index in [1.807, 2.05) is 0 Å². The van der Waals surface area contributed by atoms with Crippen molar-refractivity contribution in [3.8, 4) is 11.1 Å². The van der Waals surface area contributed by atoms with Gasteiger partial charge in [-0.3, -0.25) is 0 Å². The molecule has 0 N–H and O–H groups in total. The van der Waals surface area contributed by atoms with Gasteiger partial charge in [0, 0.05) is 56.6 Å². The lowest BCUT2D eigenvalue weighted by Crippen LogP contribution is -2.61. The molecular weight excluding hydrogens is 918 g/mol. The fraction of sp³-hybridized carbons (Fsp3) is 0.333. The number of anilines is 9.